The van der Waals surface area contributed by atoms with Gasteiger partial charge in [0.15, 0.2) is 0 Å². The van der Waals surface area contributed by atoms with Crippen molar-refractivity contribution >= 4 is 5.91 Å². The van der Waals surface area contributed by atoms with Crippen molar-refractivity contribution in [3.8, 4) is 0 Å². The Balaban J connectivity index is 1.53. The number of aryl methyl sites for hydroxylation is 1. The van der Waals surface area contributed by atoms with Crippen molar-refractivity contribution in [2.45, 2.75) is 18.9 Å². The molecule has 2 aliphatic heterocycles. The molecule has 4 rings (SSSR count). The van der Waals surface area contributed by atoms with Gasteiger partial charge in [0.05, 0.1) is 6.04 Å². The van der Waals surface area contributed by atoms with Crippen LogP contribution in [0.5, 0.6) is 0 Å². The van der Waals surface area contributed by atoms with Gasteiger partial charge in [0.25, 0.3) is 0 Å². The summed E-state index contributed by atoms with van der Waals surface area (Å²) in [5.41, 5.74) is 2.03. The average Bonchev–Trinajstić information content (AvgIpc) is 3.21. The molecule has 2 aromatic rings. The maximum atomic E-state index is 13.7. The highest BCUT2D eigenvalue weighted by molar-refractivity contribution is 5.77. The standard InChI is InChI=1S/C20H22FN3O/c21-17-3-1-2-15(10-17)20-18-12-23-11-16(18)13-24(20)19(25)5-4-14-6-8-22-9-7-14/h1-3,6-10,16,18,20,23H,4-5,11-13H2/t16-,18-,20+/m0/s1. The lowest BCUT2D eigenvalue weighted by molar-refractivity contribution is -0.132. The molecule has 0 aliphatic carbocycles. The number of likely N-dealkylation sites (tertiary alicyclic amines) is 1. The monoisotopic (exact) mass is 339 g/mol. The Labute approximate surface area is 147 Å². The van der Waals surface area contributed by atoms with Crippen molar-refractivity contribution in [1.82, 2.24) is 15.2 Å². The summed E-state index contributed by atoms with van der Waals surface area (Å²) in [5.74, 6) is 0.737. The predicted octanol–water partition coefficient (Wildman–Crippen LogP) is 2.57. The Hall–Kier alpha value is -2.27. The number of aromatic nitrogens is 1. The summed E-state index contributed by atoms with van der Waals surface area (Å²) < 4.78 is 13.7. The zero-order valence-electron chi connectivity index (χ0n) is 14.1. The Morgan fingerprint density at radius 2 is 2.08 bits per heavy atom. The lowest BCUT2D eigenvalue weighted by atomic mass is 9.89. The number of fused-ring (bicyclic) bond motifs is 1. The van der Waals surface area contributed by atoms with E-state index in [1.807, 2.05) is 23.1 Å². The Morgan fingerprint density at radius 1 is 1.24 bits per heavy atom. The predicted molar refractivity (Wildman–Crippen MR) is 93.3 cm³/mol. The van der Waals surface area contributed by atoms with Gasteiger partial charge in [0, 0.05) is 44.4 Å². The van der Waals surface area contributed by atoms with Crippen LogP contribution in [0.3, 0.4) is 0 Å². The number of nitrogens with one attached hydrogen (secondary N) is 1. The second-order valence-electron chi connectivity index (χ2n) is 6.98. The number of hydrogen-bond donors (Lipinski definition) is 1. The summed E-state index contributed by atoms with van der Waals surface area (Å²) in [6, 6.07) is 10.6. The first-order valence-electron chi connectivity index (χ1n) is 8.87. The summed E-state index contributed by atoms with van der Waals surface area (Å²) in [4.78, 5) is 18.9. The summed E-state index contributed by atoms with van der Waals surface area (Å²) in [5, 5.41) is 3.42. The molecule has 3 heterocycles. The third kappa shape index (κ3) is 3.29. The number of carbonyl (C=O) groups excluding carboxylic acids is 1. The molecule has 4 nitrogen and oxygen atoms in total. The van der Waals surface area contributed by atoms with Crippen LogP contribution in [0.4, 0.5) is 4.39 Å². The van der Waals surface area contributed by atoms with Crippen LogP contribution in [0.1, 0.15) is 23.6 Å². The van der Waals surface area contributed by atoms with Gasteiger partial charge in [-0.3, -0.25) is 9.78 Å². The highest BCUT2D eigenvalue weighted by atomic mass is 19.1. The third-order valence-corrected chi connectivity index (χ3v) is 5.45. The van der Waals surface area contributed by atoms with Crippen LogP contribution in [-0.2, 0) is 11.2 Å². The van der Waals surface area contributed by atoms with Gasteiger partial charge in [-0.1, -0.05) is 12.1 Å². The maximum Gasteiger partial charge on any atom is 0.223 e. The van der Waals surface area contributed by atoms with Crippen molar-refractivity contribution in [2.24, 2.45) is 11.8 Å². The minimum atomic E-state index is -0.240. The summed E-state index contributed by atoms with van der Waals surface area (Å²) >= 11 is 0. The van der Waals surface area contributed by atoms with E-state index < -0.39 is 0 Å². The van der Waals surface area contributed by atoms with E-state index in [1.54, 1.807) is 24.5 Å². The van der Waals surface area contributed by atoms with E-state index in [0.717, 1.165) is 30.8 Å². The molecule has 0 bridgehead atoms. The number of carbonyl (C=O) groups is 1. The third-order valence-electron chi connectivity index (χ3n) is 5.45. The lowest BCUT2D eigenvalue weighted by Gasteiger charge is -2.28. The maximum absolute atomic E-state index is 13.7. The molecule has 2 fully saturated rings. The molecular weight excluding hydrogens is 317 g/mol. The highest BCUT2D eigenvalue weighted by Gasteiger charge is 2.46. The van der Waals surface area contributed by atoms with Crippen LogP contribution < -0.4 is 5.32 Å². The molecule has 0 saturated carbocycles. The van der Waals surface area contributed by atoms with Gasteiger partial charge >= 0.3 is 0 Å². The topological polar surface area (TPSA) is 45.2 Å². The van der Waals surface area contributed by atoms with E-state index >= 15 is 0 Å². The minimum absolute atomic E-state index is 0.0272. The smallest absolute Gasteiger partial charge is 0.223 e. The van der Waals surface area contributed by atoms with E-state index in [-0.39, 0.29) is 17.8 Å². The van der Waals surface area contributed by atoms with Gasteiger partial charge in [-0.05, 0) is 47.7 Å². The molecule has 1 N–H and O–H groups in total. The van der Waals surface area contributed by atoms with Gasteiger partial charge < -0.3 is 10.2 Å². The van der Waals surface area contributed by atoms with E-state index in [4.69, 9.17) is 0 Å². The van der Waals surface area contributed by atoms with Crippen molar-refractivity contribution in [3.05, 3.63) is 65.7 Å². The highest BCUT2D eigenvalue weighted by Crippen LogP contribution is 2.43. The number of hydrogen-bond acceptors (Lipinski definition) is 3. The Bertz CT molecular complexity index is 752. The number of rotatable bonds is 4. The van der Waals surface area contributed by atoms with Gasteiger partial charge in [-0.2, -0.15) is 0 Å². The molecule has 2 aliphatic rings. The number of halogens is 1. The first-order chi connectivity index (χ1) is 12.2. The van der Waals surface area contributed by atoms with Gasteiger partial charge in [0.2, 0.25) is 5.91 Å². The van der Waals surface area contributed by atoms with Crippen LogP contribution in [0.15, 0.2) is 48.8 Å². The minimum Gasteiger partial charge on any atom is -0.335 e. The second-order valence-corrected chi connectivity index (χ2v) is 6.98. The van der Waals surface area contributed by atoms with Crippen molar-refractivity contribution in [3.63, 3.8) is 0 Å². The first-order valence-corrected chi connectivity index (χ1v) is 8.87. The Morgan fingerprint density at radius 3 is 2.88 bits per heavy atom. The van der Waals surface area contributed by atoms with Crippen LogP contribution >= 0.6 is 0 Å². The number of benzene rings is 1. The molecule has 0 unspecified atom stereocenters. The molecule has 0 spiro atoms. The van der Waals surface area contributed by atoms with E-state index in [2.05, 4.69) is 10.3 Å². The van der Waals surface area contributed by atoms with Gasteiger partial charge in [-0.15, -0.1) is 0 Å². The van der Waals surface area contributed by atoms with E-state index in [9.17, 15) is 9.18 Å². The van der Waals surface area contributed by atoms with Crippen LogP contribution in [0.25, 0.3) is 0 Å². The van der Waals surface area contributed by atoms with Gasteiger partial charge in [-0.25, -0.2) is 4.39 Å². The summed E-state index contributed by atoms with van der Waals surface area (Å²) in [7, 11) is 0. The summed E-state index contributed by atoms with van der Waals surface area (Å²) in [6.07, 6.45) is 4.69. The number of nitrogens with zero attached hydrogens (tertiary/aromatic N) is 2. The van der Waals surface area contributed by atoms with Crippen molar-refractivity contribution < 1.29 is 9.18 Å². The normalized spacial score (nSPS) is 25.2. The fraction of sp³-hybridized carbons (Fsp3) is 0.400. The molecule has 1 amide bonds. The zero-order valence-corrected chi connectivity index (χ0v) is 14.1. The molecule has 5 heteroatoms. The molecule has 1 aromatic heterocycles. The van der Waals surface area contributed by atoms with Gasteiger partial charge in [0.1, 0.15) is 5.82 Å². The van der Waals surface area contributed by atoms with Crippen LogP contribution in [-0.4, -0.2) is 35.4 Å². The molecule has 3 atom stereocenters. The molecular formula is C20H22FN3O. The van der Waals surface area contributed by atoms with E-state index in [0.29, 0.717) is 24.7 Å². The molecule has 1 aromatic carbocycles. The molecule has 0 radical (unpaired) electrons. The van der Waals surface area contributed by atoms with Crippen molar-refractivity contribution in [1.29, 1.82) is 0 Å². The van der Waals surface area contributed by atoms with Crippen molar-refractivity contribution in [2.75, 3.05) is 19.6 Å². The molecule has 2 saturated heterocycles. The molecule has 130 valence electrons. The largest absolute Gasteiger partial charge is 0.335 e. The Kier molecular flexibility index (Phi) is 4.49. The molecule has 25 heavy (non-hydrogen) atoms. The fourth-order valence-corrected chi connectivity index (χ4v) is 4.24. The van der Waals surface area contributed by atoms with E-state index in [1.165, 1.54) is 6.07 Å². The van der Waals surface area contributed by atoms with Crippen LogP contribution in [0.2, 0.25) is 0 Å². The average molecular weight is 339 g/mol. The second kappa shape index (κ2) is 6.92. The lowest BCUT2D eigenvalue weighted by Crippen LogP contribution is -2.34. The fourth-order valence-electron chi connectivity index (χ4n) is 4.24. The number of pyridine rings is 1. The first kappa shape index (κ1) is 16.2. The summed E-state index contributed by atoms with van der Waals surface area (Å²) in [6.45, 7) is 2.58. The quantitative estimate of drug-likeness (QED) is 0.931. The SMILES string of the molecule is O=C(CCc1ccncc1)N1C[C@@H]2CNC[C@@H]2[C@H]1c1cccc(F)c1. The van der Waals surface area contributed by atoms with Crippen LogP contribution in [0, 0.1) is 17.7 Å². The zero-order chi connectivity index (χ0) is 17.2. The number of amides is 1.